The summed E-state index contributed by atoms with van der Waals surface area (Å²) in [5.74, 6) is 0. The number of nitrogens with one attached hydrogen (secondary N) is 1. The van der Waals surface area contributed by atoms with Crippen LogP contribution >= 0.6 is 0 Å². The minimum atomic E-state index is -4.49. The van der Waals surface area contributed by atoms with Gasteiger partial charge in [0.2, 0.25) is 0 Å². The Bertz CT molecular complexity index is 1080. The first-order chi connectivity index (χ1) is 14.0. The molecule has 0 saturated heterocycles. The van der Waals surface area contributed by atoms with Crippen LogP contribution < -0.4 is 5.32 Å². The summed E-state index contributed by atoms with van der Waals surface area (Å²) in [6, 6.07) is 13.1. The van der Waals surface area contributed by atoms with Crippen molar-refractivity contribution in [2.45, 2.75) is 32.2 Å². The number of aromatic nitrogens is 1. The van der Waals surface area contributed by atoms with Crippen LogP contribution in [0.1, 0.15) is 23.6 Å². The number of alkyl halides is 3. The standard InChI is InChI=1S/C13H15NO2.C9H7F3N2/c1-10-3-4-12-11(7-10)5-6-14(12)8-13(2,16)9-15;1-14-7-3-2-6(5-13)8(4-7)9(10,11)12/h3-7,9,16H,8H2,1-2H3;2-4,14H,1H3/t13-;/m0./s1. The lowest BCUT2D eigenvalue weighted by molar-refractivity contribution is -0.137. The van der Waals surface area contributed by atoms with Gasteiger partial charge in [-0.3, -0.25) is 0 Å². The first-order valence-electron chi connectivity index (χ1n) is 9.04. The number of rotatable bonds is 4. The van der Waals surface area contributed by atoms with Crippen LogP contribution in [0.4, 0.5) is 18.9 Å². The Balaban J connectivity index is 0.000000216. The Hall–Kier alpha value is -3.31. The zero-order valence-corrected chi connectivity index (χ0v) is 16.8. The van der Waals surface area contributed by atoms with E-state index in [4.69, 9.17) is 5.26 Å². The molecule has 2 aromatic carbocycles. The van der Waals surface area contributed by atoms with Gasteiger partial charge in [-0.05, 0) is 55.6 Å². The van der Waals surface area contributed by atoms with E-state index < -0.39 is 17.3 Å². The van der Waals surface area contributed by atoms with Crippen molar-refractivity contribution in [3.8, 4) is 6.07 Å². The number of aliphatic hydroxyl groups is 1. The summed E-state index contributed by atoms with van der Waals surface area (Å²) in [7, 11) is 1.52. The normalized spacial score (nSPS) is 13.0. The highest BCUT2D eigenvalue weighted by Gasteiger charge is 2.33. The second-order valence-electron chi connectivity index (χ2n) is 7.10. The number of nitrogens with zero attached hydrogens (tertiary/aromatic N) is 2. The number of hydrogen-bond acceptors (Lipinski definition) is 4. The van der Waals surface area contributed by atoms with Gasteiger partial charge in [-0.2, -0.15) is 18.4 Å². The number of carbonyl (C=O) groups is 1. The van der Waals surface area contributed by atoms with E-state index in [9.17, 15) is 23.1 Å². The second-order valence-corrected chi connectivity index (χ2v) is 7.10. The molecule has 1 aromatic heterocycles. The molecule has 0 saturated carbocycles. The van der Waals surface area contributed by atoms with Crippen molar-refractivity contribution in [1.82, 2.24) is 4.57 Å². The third-order valence-corrected chi connectivity index (χ3v) is 4.40. The number of benzene rings is 2. The molecule has 1 atom stereocenters. The Labute approximate surface area is 172 Å². The van der Waals surface area contributed by atoms with Gasteiger partial charge in [0.15, 0.2) is 6.29 Å². The third kappa shape index (κ3) is 5.61. The highest BCUT2D eigenvalue weighted by Crippen LogP contribution is 2.33. The summed E-state index contributed by atoms with van der Waals surface area (Å²) in [4.78, 5) is 10.7. The van der Waals surface area contributed by atoms with E-state index in [1.165, 1.54) is 31.7 Å². The summed E-state index contributed by atoms with van der Waals surface area (Å²) in [6.07, 6.45) is -2.02. The third-order valence-electron chi connectivity index (χ3n) is 4.40. The minimum absolute atomic E-state index is 0.281. The van der Waals surface area contributed by atoms with E-state index >= 15 is 0 Å². The molecule has 0 aliphatic carbocycles. The smallest absolute Gasteiger partial charge is 0.388 e. The maximum atomic E-state index is 12.4. The molecular weight excluding hydrogens is 395 g/mol. The monoisotopic (exact) mass is 417 g/mol. The Morgan fingerprint density at radius 2 is 1.90 bits per heavy atom. The highest BCUT2D eigenvalue weighted by molar-refractivity contribution is 5.81. The molecule has 0 aliphatic heterocycles. The van der Waals surface area contributed by atoms with Crippen molar-refractivity contribution in [2.75, 3.05) is 12.4 Å². The number of fused-ring (bicyclic) bond motifs is 1. The Morgan fingerprint density at radius 3 is 2.47 bits per heavy atom. The number of nitriles is 1. The molecular formula is C22H22F3N3O2. The van der Waals surface area contributed by atoms with E-state index in [0.29, 0.717) is 12.0 Å². The Morgan fingerprint density at radius 1 is 1.20 bits per heavy atom. The summed E-state index contributed by atoms with van der Waals surface area (Å²) in [6.45, 7) is 3.83. The zero-order valence-electron chi connectivity index (χ0n) is 16.8. The zero-order chi connectivity index (χ0) is 22.5. The summed E-state index contributed by atoms with van der Waals surface area (Å²) in [5.41, 5.74) is -0.0172. The number of carbonyl (C=O) groups excluding carboxylic acids is 1. The molecule has 0 aliphatic rings. The molecule has 3 rings (SSSR count). The average Bonchev–Trinajstić information content (AvgIpc) is 3.08. The molecule has 3 aromatic rings. The van der Waals surface area contributed by atoms with Gasteiger partial charge in [0, 0.05) is 24.4 Å². The predicted octanol–water partition coefficient (Wildman–Crippen LogP) is 4.52. The SMILES string of the molecule is CNc1ccc(C#N)c(C(F)(F)F)c1.Cc1ccc2c(ccn2C[C@](C)(O)C=O)c1. The molecule has 0 radical (unpaired) electrons. The molecule has 2 N–H and O–H groups in total. The number of hydrogen-bond donors (Lipinski definition) is 2. The van der Waals surface area contributed by atoms with Gasteiger partial charge >= 0.3 is 6.18 Å². The van der Waals surface area contributed by atoms with Crippen molar-refractivity contribution >= 4 is 22.9 Å². The van der Waals surface area contributed by atoms with Crippen molar-refractivity contribution < 1.29 is 23.1 Å². The van der Waals surface area contributed by atoms with E-state index in [1.807, 2.05) is 35.9 Å². The van der Waals surface area contributed by atoms with Gasteiger partial charge in [0.1, 0.15) is 5.60 Å². The first-order valence-corrected chi connectivity index (χ1v) is 9.04. The van der Waals surface area contributed by atoms with Gasteiger partial charge in [0.25, 0.3) is 0 Å². The fourth-order valence-corrected chi connectivity index (χ4v) is 2.87. The van der Waals surface area contributed by atoms with Crippen molar-refractivity contribution in [3.63, 3.8) is 0 Å². The number of aryl methyl sites for hydroxylation is 1. The molecule has 0 spiro atoms. The van der Waals surface area contributed by atoms with E-state index in [2.05, 4.69) is 11.4 Å². The number of halogens is 3. The van der Waals surface area contributed by atoms with Crippen LogP contribution in [0.15, 0.2) is 48.7 Å². The fraction of sp³-hybridized carbons (Fsp3) is 0.273. The van der Waals surface area contributed by atoms with Gasteiger partial charge in [-0.15, -0.1) is 0 Å². The van der Waals surface area contributed by atoms with Crippen LogP contribution in [-0.2, 0) is 17.5 Å². The Kier molecular flexibility index (Phi) is 6.90. The lowest BCUT2D eigenvalue weighted by Crippen LogP contribution is -2.31. The molecule has 1 heterocycles. The van der Waals surface area contributed by atoms with Crippen molar-refractivity contribution in [2.24, 2.45) is 0 Å². The molecule has 30 heavy (non-hydrogen) atoms. The molecule has 5 nitrogen and oxygen atoms in total. The molecule has 158 valence electrons. The predicted molar refractivity (Wildman–Crippen MR) is 109 cm³/mol. The maximum Gasteiger partial charge on any atom is 0.417 e. The molecule has 8 heteroatoms. The number of anilines is 1. The molecule has 0 bridgehead atoms. The van der Waals surface area contributed by atoms with Crippen LogP contribution in [-0.4, -0.2) is 28.6 Å². The molecule has 0 unspecified atom stereocenters. The van der Waals surface area contributed by atoms with Gasteiger partial charge in [-0.1, -0.05) is 11.6 Å². The van der Waals surface area contributed by atoms with E-state index in [-0.39, 0.29) is 12.1 Å². The van der Waals surface area contributed by atoms with Crippen LogP contribution in [0.3, 0.4) is 0 Å². The van der Waals surface area contributed by atoms with Crippen LogP contribution in [0.2, 0.25) is 0 Å². The van der Waals surface area contributed by atoms with Crippen LogP contribution in [0.25, 0.3) is 10.9 Å². The van der Waals surface area contributed by atoms with E-state index in [1.54, 1.807) is 0 Å². The van der Waals surface area contributed by atoms with Crippen LogP contribution in [0, 0.1) is 18.3 Å². The van der Waals surface area contributed by atoms with E-state index in [0.717, 1.165) is 23.0 Å². The summed E-state index contributed by atoms with van der Waals surface area (Å²) in [5, 5.41) is 21.9. The van der Waals surface area contributed by atoms with Gasteiger partial charge in [-0.25, -0.2) is 0 Å². The largest absolute Gasteiger partial charge is 0.417 e. The fourth-order valence-electron chi connectivity index (χ4n) is 2.87. The lowest BCUT2D eigenvalue weighted by Gasteiger charge is -2.17. The van der Waals surface area contributed by atoms with Gasteiger partial charge in [0.05, 0.1) is 23.7 Å². The second kappa shape index (κ2) is 9.01. The summed E-state index contributed by atoms with van der Waals surface area (Å²) < 4.78 is 39.0. The number of aldehydes is 1. The minimum Gasteiger partial charge on any atom is -0.388 e. The molecule has 0 amide bonds. The summed E-state index contributed by atoms with van der Waals surface area (Å²) >= 11 is 0. The highest BCUT2D eigenvalue weighted by atomic mass is 19.4. The van der Waals surface area contributed by atoms with Crippen molar-refractivity contribution in [1.29, 1.82) is 5.26 Å². The molecule has 0 fully saturated rings. The lowest BCUT2D eigenvalue weighted by atomic mass is 10.1. The maximum absolute atomic E-state index is 12.4. The van der Waals surface area contributed by atoms with Crippen LogP contribution in [0.5, 0.6) is 0 Å². The topological polar surface area (TPSA) is 78.1 Å². The van der Waals surface area contributed by atoms with Crippen molar-refractivity contribution in [3.05, 3.63) is 65.4 Å². The van der Waals surface area contributed by atoms with Gasteiger partial charge < -0.3 is 19.8 Å². The average molecular weight is 417 g/mol. The first kappa shape index (κ1) is 23.0. The quantitative estimate of drug-likeness (QED) is 0.612.